The number of azo groups is 1. The first-order valence-electron chi connectivity index (χ1n) is 9.90. The van der Waals surface area contributed by atoms with E-state index in [4.69, 9.17) is 12.3 Å². The highest BCUT2D eigenvalue weighted by Gasteiger charge is 2.20. The smallest absolute Gasteiger partial charge is 0.252 e. The summed E-state index contributed by atoms with van der Waals surface area (Å²) in [6.07, 6.45) is 4.72. The average molecular weight is 432 g/mol. The van der Waals surface area contributed by atoms with E-state index in [1.165, 1.54) is 15.6 Å². The number of pyridine rings is 2. The van der Waals surface area contributed by atoms with Gasteiger partial charge in [-0.25, -0.2) is 19.5 Å². The Morgan fingerprint density at radius 2 is 1.48 bits per heavy atom. The Labute approximate surface area is 188 Å². The van der Waals surface area contributed by atoms with E-state index in [0.29, 0.717) is 23.0 Å². The maximum atomic E-state index is 7.48. The van der Waals surface area contributed by atoms with Crippen LogP contribution in [0.5, 0.6) is 0 Å². The summed E-state index contributed by atoms with van der Waals surface area (Å²) in [7, 11) is 0. The zero-order valence-corrected chi connectivity index (χ0v) is 17.2. The lowest BCUT2D eigenvalue weighted by molar-refractivity contribution is 0.840. The Morgan fingerprint density at radius 1 is 0.818 bits per heavy atom. The summed E-state index contributed by atoms with van der Waals surface area (Å²) in [5, 5.41) is 17.7. The van der Waals surface area contributed by atoms with Gasteiger partial charge in [0.25, 0.3) is 5.69 Å². The van der Waals surface area contributed by atoms with Gasteiger partial charge in [0.05, 0.1) is 12.8 Å². The van der Waals surface area contributed by atoms with Crippen molar-refractivity contribution in [2.45, 2.75) is 0 Å². The van der Waals surface area contributed by atoms with Gasteiger partial charge >= 0.3 is 0 Å². The zero-order valence-electron chi connectivity index (χ0n) is 17.2. The maximum Gasteiger partial charge on any atom is 0.252 e. The van der Waals surface area contributed by atoms with Crippen molar-refractivity contribution in [1.82, 2.24) is 29.5 Å². The molecule has 0 saturated carbocycles. The molecule has 0 radical (unpaired) electrons. The second-order valence-electron chi connectivity index (χ2n) is 6.81. The fourth-order valence-corrected chi connectivity index (χ4v) is 3.22. The molecule has 0 fully saturated rings. The van der Waals surface area contributed by atoms with Crippen LogP contribution in [0.3, 0.4) is 0 Å². The lowest BCUT2D eigenvalue weighted by Gasteiger charge is -2.03. The van der Waals surface area contributed by atoms with Crippen molar-refractivity contribution < 1.29 is 0 Å². The van der Waals surface area contributed by atoms with E-state index < -0.39 is 0 Å². The van der Waals surface area contributed by atoms with Crippen molar-refractivity contribution in [2.24, 2.45) is 10.2 Å². The number of hydrogen-bond acceptors (Lipinski definition) is 7. The molecule has 1 aromatic carbocycles. The molecule has 0 aliphatic carbocycles. The molecule has 4 heterocycles. The van der Waals surface area contributed by atoms with E-state index in [1.54, 1.807) is 30.6 Å². The van der Waals surface area contributed by atoms with Gasteiger partial charge in [-0.05, 0) is 24.3 Å². The van der Waals surface area contributed by atoms with Crippen molar-refractivity contribution in [1.29, 1.82) is 0 Å². The molecular weight excluding hydrogens is 416 g/mol. The Hall–Kier alpha value is -5.17. The number of rotatable bonds is 5. The molecule has 10 nitrogen and oxygen atoms in total. The van der Waals surface area contributed by atoms with Gasteiger partial charge < -0.3 is 5.73 Å². The first-order chi connectivity index (χ1) is 16.3. The van der Waals surface area contributed by atoms with Gasteiger partial charge in [0.15, 0.2) is 29.0 Å². The van der Waals surface area contributed by atoms with Crippen LogP contribution in [0.1, 0.15) is 0 Å². The van der Waals surface area contributed by atoms with Crippen LogP contribution in [0.25, 0.3) is 27.7 Å². The number of nitrogens with zero attached hydrogens (tertiary/aromatic N) is 9. The van der Waals surface area contributed by atoms with E-state index in [9.17, 15) is 0 Å². The molecule has 0 amide bonds. The molecule has 0 aliphatic rings. The molecule has 10 heteroatoms. The summed E-state index contributed by atoms with van der Waals surface area (Å²) in [4.78, 5) is 12.1. The molecule has 33 heavy (non-hydrogen) atoms. The highest BCUT2D eigenvalue weighted by atomic mass is 15.4. The highest BCUT2D eigenvalue weighted by molar-refractivity contribution is 5.80. The van der Waals surface area contributed by atoms with E-state index in [0.717, 1.165) is 5.56 Å². The number of hydrogen-bond donors (Lipinski definition) is 1. The van der Waals surface area contributed by atoms with Gasteiger partial charge in [0.1, 0.15) is 5.69 Å². The van der Waals surface area contributed by atoms with Crippen molar-refractivity contribution in [3.8, 4) is 22.9 Å². The summed E-state index contributed by atoms with van der Waals surface area (Å²) in [6.45, 7) is 7.48. The molecule has 0 atom stereocenters. The van der Waals surface area contributed by atoms with Crippen molar-refractivity contribution in [2.75, 3.05) is 5.73 Å². The van der Waals surface area contributed by atoms with Crippen LogP contribution in [0.4, 0.5) is 23.0 Å². The lowest BCUT2D eigenvalue weighted by atomic mass is 10.1. The van der Waals surface area contributed by atoms with Crippen LogP contribution >= 0.6 is 0 Å². The molecule has 0 saturated heterocycles. The fourth-order valence-electron chi connectivity index (χ4n) is 3.22. The fraction of sp³-hybridized carbons (Fsp3) is 0. The third-order valence-electron chi connectivity index (χ3n) is 4.77. The first-order valence-corrected chi connectivity index (χ1v) is 9.90. The molecule has 2 N–H and O–H groups in total. The Kier molecular flexibility index (Phi) is 5.11. The summed E-state index contributed by atoms with van der Waals surface area (Å²) in [6, 6.07) is 20.4. The predicted molar refractivity (Wildman–Crippen MR) is 123 cm³/mol. The third-order valence-corrected chi connectivity index (χ3v) is 4.77. The molecule has 0 aliphatic heterocycles. The maximum absolute atomic E-state index is 7.48. The quantitative estimate of drug-likeness (QED) is 0.308. The van der Waals surface area contributed by atoms with Gasteiger partial charge in [-0.3, -0.25) is 0 Å². The van der Waals surface area contributed by atoms with Crippen LogP contribution in [0.2, 0.25) is 0 Å². The van der Waals surface area contributed by atoms with Gasteiger partial charge in [0, 0.05) is 18.0 Å². The molecule has 0 bridgehead atoms. The molecule has 5 rings (SSSR count). The van der Waals surface area contributed by atoms with Gasteiger partial charge in [-0.15, -0.1) is 10.2 Å². The summed E-state index contributed by atoms with van der Waals surface area (Å²) in [5.74, 6) is 1.58. The van der Waals surface area contributed by atoms with Crippen LogP contribution in [0, 0.1) is 6.57 Å². The van der Waals surface area contributed by atoms with E-state index in [-0.39, 0.29) is 17.3 Å². The van der Waals surface area contributed by atoms with E-state index in [2.05, 4.69) is 35.2 Å². The Bertz CT molecular complexity index is 1460. The summed E-state index contributed by atoms with van der Waals surface area (Å²) < 4.78 is 2.97. The average Bonchev–Trinajstić information content (AvgIpc) is 3.44. The minimum absolute atomic E-state index is 0.237. The molecule has 4 aromatic heterocycles. The highest BCUT2D eigenvalue weighted by Crippen LogP contribution is 2.38. The molecule has 0 spiro atoms. The van der Waals surface area contributed by atoms with E-state index in [1.807, 2.05) is 48.5 Å². The Morgan fingerprint density at radius 3 is 2.12 bits per heavy atom. The minimum Gasteiger partial charge on any atom is -0.382 e. The number of aromatic nitrogens is 6. The van der Waals surface area contributed by atoms with Gasteiger partial charge in [0.2, 0.25) is 0 Å². The third kappa shape index (κ3) is 3.70. The lowest BCUT2D eigenvalue weighted by Crippen LogP contribution is -2.03. The molecule has 158 valence electrons. The zero-order chi connectivity index (χ0) is 22.6. The van der Waals surface area contributed by atoms with Crippen LogP contribution in [0.15, 0.2) is 95.5 Å². The number of anilines is 1. The first kappa shape index (κ1) is 19.8. The second kappa shape index (κ2) is 8.52. The van der Waals surface area contributed by atoms with Gasteiger partial charge in [-0.1, -0.05) is 42.5 Å². The van der Waals surface area contributed by atoms with Crippen LogP contribution in [-0.2, 0) is 0 Å². The molecule has 5 aromatic rings. The van der Waals surface area contributed by atoms with Crippen molar-refractivity contribution in [3.63, 3.8) is 0 Å². The van der Waals surface area contributed by atoms with Crippen LogP contribution < -0.4 is 5.73 Å². The summed E-state index contributed by atoms with van der Waals surface area (Å²) >= 11 is 0. The van der Waals surface area contributed by atoms with Crippen molar-refractivity contribution in [3.05, 3.63) is 96.7 Å². The van der Waals surface area contributed by atoms with E-state index >= 15 is 0 Å². The normalized spacial score (nSPS) is 11.0. The summed E-state index contributed by atoms with van der Waals surface area (Å²) in [5.41, 5.74) is 8.39. The number of benzene rings is 1. The second-order valence-corrected chi connectivity index (χ2v) is 6.81. The SMILES string of the molecule is [C-]#[N+]c1cnn(-c2ccccn2)c1/N=N/c1c(-c2ccccc2)nn(-c2ccccn2)c1N. The molecular formula is C23H16N10. The standard InChI is InChI=1S/C23H16N10/c1-25-17-15-28-33(19-12-6-8-14-27-19)23(17)30-29-21-20(16-9-3-2-4-10-16)31-32(22(21)24)18-11-5-7-13-26-18/h2-15H,24H2/b30-29+. The number of nitrogen functional groups attached to an aromatic ring is 1. The van der Waals surface area contributed by atoms with Crippen LogP contribution in [-0.4, -0.2) is 29.5 Å². The topological polar surface area (TPSA) is 117 Å². The molecule has 0 unspecified atom stereocenters. The number of nitrogens with two attached hydrogens (primary N) is 1. The predicted octanol–water partition coefficient (Wildman–Crippen LogP) is 5.06. The minimum atomic E-state index is 0.237. The van der Waals surface area contributed by atoms with Gasteiger partial charge in [-0.2, -0.15) is 14.9 Å². The Balaban J connectivity index is 1.66. The monoisotopic (exact) mass is 432 g/mol. The largest absolute Gasteiger partial charge is 0.382 e. The van der Waals surface area contributed by atoms with Crippen molar-refractivity contribution >= 4 is 23.0 Å².